The number of hydrogen-bond donors (Lipinski definition) is 2. The number of aromatic hydroxyl groups is 1. The Kier molecular flexibility index (Phi) is 5.36. The fourth-order valence-electron chi connectivity index (χ4n) is 2.54. The van der Waals surface area contributed by atoms with Crippen LogP contribution in [0.2, 0.25) is 5.02 Å². The van der Waals surface area contributed by atoms with E-state index < -0.39 is 10.0 Å². The molecule has 0 atom stereocenters. The van der Waals surface area contributed by atoms with Crippen LogP contribution in [0.5, 0.6) is 11.5 Å². The van der Waals surface area contributed by atoms with Crippen LogP contribution in [-0.4, -0.2) is 56.0 Å². The van der Waals surface area contributed by atoms with Gasteiger partial charge in [-0.1, -0.05) is 23.7 Å². The Morgan fingerprint density at radius 3 is 2.78 bits per heavy atom. The van der Waals surface area contributed by atoms with E-state index in [4.69, 9.17) is 16.3 Å². The summed E-state index contributed by atoms with van der Waals surface area (Å²) in [5.74, 6) is 0.277. The lowest BCUT2D eigenvalue weighted by molar-refractivity contribution is 0.254. The average Bonchev–Trinajstić information content (AvgIpc) is 2.92. The van der Waals surface area contributed by atoms with Crippen molar-refractivity contribution < 1.29 is 23.4 Å². The molecule has 1 aliphatic rings. The molecule has 0 amide bonds. The Morgan fingerprint density at radius 1 is 1.33 bits per heavy atom. The van der Waals surface area contributed by atoms with Gasteiger partial charge in [0.2, 0.25) is 0 Å². The molecule has 0 unspecified atom stereocenters. The number of rotatable bonds is 5. The van der Waals surface area contributed by atoms with Crippen molar-refractivity contribution in [1.29, 1.82) is 0 Å². The van der Waals surface area contributed by atoms with Crippen molar-refractivity contribution in [3.63, 3.8) is 0 Å². The minimum atomic E-state index is -3.82. The first-order chi connectivity index (χ1) is 12.9. The topological polar surface area (TPSA) is 112 Å². The number of phenolic OH excluding ortho intramolecular Hbond substituents is 1. The molecule has 2 N–H and O–H groups in total. The van der Waals surface area contributed by atoms with E-state index in [1.54, 1.807) is 18.2 Å². The number of benzene rings is 2. The van der Waals surface area contributed by atoms with Crippen LogP contribution >= 0.6 is 11.6 Å². The molecular formula is C17H16ClN3O5S. The molecule has 1 heterocycles. The zero-order chi connectivity index (χ0) is 19.6. The number of hydrazone groups is 1. The van der Waals surface area contributed by atoms with Gasteiger partial charge in [-0.15, -0.1) is 4.40 Å². The molecule has 0 saturated carbocycles. The Balaban J connectivity index is 1.99. The van der Waals surface area contributed by atoms with Crippen LogP contribution in [0.4, 0.5) is 0 Å². The van der Waals surface area contributed by atoms with Crippen molar-refractivity contribution in [1.82, 2.24) is 5.01 Å². The zero-order valence-corrected chi connectivity index (χ0v) is 15.8. The second-order valence-corrected chi connectivity index (χ2v) is 7.50. The second-order valence-electron chi connectivity index (χ2n) is 5.52. The number of aliphatic hydroxyl groups is 1. The minimum absolute atomic E-state index is 0.00381. The van der Waals surface area contributed by atoms with Gasteiger partial charge in [-0.25, -0.2) is 5.01 Å². The molecule has 1 aliphatic heterocycles. The normalized spacial score (nSPS) is 14.9. The van der Waals surface area contributed by atoms with Gasteiger partial charge in [0, 0.05) is 17.2 Å². The molecule has 2 aromatic carbocycles. The van der Waals surface area contributed by atoms with Crippen molar-refractivity contribution >= 4 is 33.7 Å². The van der Waals surface area contributed by atoms with Crippen LogP contribution in [0.25, 0.3) is 0 Å². The Morgan fingerprint density at radius 2 is 2.07 bits per heavy atom. The van der Waals surface area contributed by atoms with Crippen LogP contribution in [0, 0.1) is 0 Å². The maximum Gasteiger partial charge on any atom is 0.285 e. The number of hydrogen-bond acceptors (Lipinski definition) is 7. The van der Waals surface area contributed by atoms with Gasteiger partial charge in [-0.05, 0) is 18.2 Å². The summed E-state index contributed by atoms with van der Waals surface area (Å²) in [7, 11) is -2.40. The molecule has 0 bridgehead atoms. The summed E-state index contributed by atoms with van der Waals surface area (Å²) >= 11 is 6.05. The summed E-state index contributed by atoms with van der Waals surface area (Å²) in [6, 6.07) is 9.15. The van der Waals surface area contributed by atoms with Gasteiger partial charge in [0.15, 0.2) is 5.84 Å². The first-order valence-electron chi connectivity index (χ1n) is 7.80. The number of phenols is 1. The number of sulfonamides is 1. The highest BCUT2D eigenvalue weighted by atomic mass is 35.5. The zero-order valence-electron chi connectivity index (χ0n) is 14.2. The van der Waals surface area contributed by atoms with Gasteiger partial charge in [0.05, 0.1) is 31.5 Å². The Bertz CT molecular complexity index is 1040. The molecule has 27 heavy (non-hydrogen) atoms. The smallest absolute Gasteiger partial charge is 0.285 e. The average molecular weight is 410 g/mol. The fourth-order valence-corrected chi connectivity index (χ4v) is 3.99. The summed E-state index contributed by atoms with van der Waals surface area (Å²) in [5, 5.41) is 25.1. The van der Waals surface area contributed by atoms with E-state index in [1.165, 1.54) is 36.5 Å². The summed E-state index contributed by atoms with van der Waals surface area (Å²) < 4.78 is 33.2. The first kappa shape index (κ1) is 19.2. The van der Waals surface area contributed by atoms with Crippen molar-refractivity contribution in [2.24, 2.45) is 9.50 Å². The molecule has 0 spiro atoms. The molecule has 8 nitrogen and oxygen atoms in total. The van der Waals surface area contributed by atoms with E-state index in [-0.39, 0.29) is 34.7 Å². The van der Waals surface area contributed by atoms with Crippen LogP contribution < -0.4 is 4.74 Å². The summed E-state index contributed by atoms with van der Waals surface area (Å²) in [6.45, 7) is -0.280. The third kappa shape index (κ3) is 3.75. The molecule has 0 radical (unpaired) electrons. The standard InChI is InChI=1S/C17H16ClN3O5S/c1-26-15-9-14(23)11(8-13(15)18)10-19-21(6-7-22)17-12-4-2-3-5-16(12)27(24,25)20-17/h2-5,8-10,22-23H,6-7H2,1H3/b19-10+. The SMILES string of the molecule is COc1cc(O)c(/C=N/N(CCO)C2=NS(=O)(=O)c3ccccc32)cc1Cl. The second kappa shape index (κ2) is 7.55. The van der Waals surface area contributed by atoms with Gasteiger partial charge in [0.1, 0.15) is 16.4 Å². The molecule has 2 aromatic rings. The number of fused-ring (bicyclic) bond motifs is 1. The number of halogens is 1. The Labute approximate surface area is 161 Å². The molecule has 0 aliphatic carbocycles. The highest BCUT2D eigenvalue weighted by Crippen LogP contribution is 2.31. The fraction of sp³-hybridized carbons (Fsp3) is 0.176. The highest BCUT2D eigenvalue weighted by Gasteiger charge is 2.31. The maximum absolute atomic E-state index is 12.2. The number of ether oxygens (including phenoxy) is 1. The van der Waals surface area contributed by atoms with Crippen LogP contribution in [0.3, 0.4) is 0 Å². The number of amidine groups is 1. The van der Waals surface area contributed by atoms with E-state index in [0.717, 1.165) is 0 Å². The van der Waals surface area contributed by atoms with Crippen LogP contribution in [0.15, 0.2) is 50.8 Å². The van der Waals surface area contributed by atoms with Crippen molar-refractivity contribution in [2.45, 2.75) is 4.90 Å². The predicted octanol–water partition coefficient (Wildman–Crippen LogP) is 1.83. The molecule has 0 aromatic heterocycles. The summed E-state index contributed by atoms with van der Waals surface area (Å²) in [6.07, 6.45) is 1.30. The number of nitrogens with zero attached hydrogens (tertiary/aromatic N) is 3. The summed E-state index contributed by atoms with van der Waals surface area (Å²) in [5.41, 5.74) is 0.679. The van der Waals surface area contributed by atoms with E-state index in [1.807, 2.05) is 0 Å². The predicted molar refractivity (Wildman–Crippen MR) is 101 cm³/mol. The first-order valence-corrected chi connectivity index (χ1v) is 9.62. The van der Waals surface area contributed by atoms with E-state index in [9.17, 15) is 18.6 Å². The third-order valence-electron chi connectivity index (χ3n) is 3.81. The lowest BCUT2D eigenvalue weighted by atomic mass is 10.2. The van der Waals surface area contributed by atoms with Crippen molar-refractivity contribution in [3.05, 3.63) is 52.5 Å². The van der Waals surface area contributed by atoms with Gasteiger partial charge >= 0.3 is 0 Å². The molecule has 142 valence electrons. The van der Waals surface area contributed by atoms with Gasteiger partial charge in [-0.2, -0.15) is 13.5 Å². The maximum atomic E-state index is 12.2. The number of methoxy groups -OCH3 is 1. The van der Waals surface area contributed by atoms with E-state index in [0.29, 0.717) is 16.9 Å². The van der Waals surface area contributed by atoms with E-state index in [2.05, 4.69) is 9.50 Å². The summed E-state index contributed by atoms with van der Waals surface area (Å²) in [4.78, 5) is 0.0773. The lowest BCUT2D eigenvalue weighted by Crippen LogP contribution is -2.28. The minimum Gasteiger partial charge on any atom is -0.507 e. The lowest BCUT2D eigenvalue weighted by Gasteiger charge is -2.17. The third-order valence-corrected chi connectivity index (χ3v) is 5.43. The van der Waals surface area contributed by atoms with Crippen LogP contribution in [-0.2, 0) is 10.0 Å². The Hall–Kier alpha value is -2.62. The van der Waals surface area contributed by atoms with Crippen LogP contribution in [0.1, 0.15) is 11.1 Å². The van der Waals surface area contributed by atoms with Crippen molar-refractivity contribution in [3.8, 4) is 11.5 Å². The largest absolute Gasteiger partial charge is 0.507 e. The highest BCUT2D eigenvalue weighted by molar-refractivity contribution is 7.90. The molecule has 0 saturated heterocycles. The van der Waals surface area contributed by atoms with Gasteiger partial charge in [-0.3, -0.25) is 0 Å². The molecule has 10 heteroatoms. The number of aliphatic hydroxyl groups excluding tert-OH is 1. The van der Waals surface area contributed by atoms with E-state index >= 15 is 0 Å². The molecular weight excluding hydrogens is 394 g/mol. The monoisotopic (exact) mass is 409 g/mol. The quantitative estimate of drug-likeness (QED) is 0.575. The van der Waals surface area contributed by atoms with Gasteiger partial charge < -0.3 is 14.9 Å². The molecule has 0 fully saturated rings. The van der Waals surface area contributed by atoms with Gasteiger partial charge in [0.25, 0.3) is 10.0 Å². The van der Waals surface area contributed by atoms with Crippen molar-refractivity contribution in [2.75, 3.05) is 20.3 Å². The molecule has 3 rings (SSSR count).